The number of hydrogen-bond acceptors (Lipinski definition) is 1. The van der Waals surface area contributed by atoms with Crippen molar-refractivity contribution in [1.29, 1.82) is 0 Å². The molecule has 2 radical (unpaired) electrons. The van der Waals surface area contributed by atoms with Gasteiger partial charge in [-0.1, -0.05) is 11.5 Å². The van der Waals surface area contributed by atoms with Crippen molar-refractivity contribution >= 4 is 36.0 Å². The van der Waals surface area contributed by atoms with Crippen LogP contribution in [0.4, 0.5) is 0 Å². The lowest BCUT2D eigenvalue weighted by Gasteiger charge is -2.00. The van der Waals surface area contributed by atoms with Crippen LogP contribution in [0.3, 0.4) is 0 Å². The Kier molecular flexibility index (Phi) is 1.89. The molecule has 0 aliphatic rings. The van der Waals surface area contributed by atoms with Gasteiger partial charge in [-0.3, -0.25) is 0 Å². The molecule has 1 aromatic carbocycles. The number of benzene rings is 1. The van der Waals surface area contributed by atoms with Crippen molar-refractivity contribution < 1.29 is 0 Å². The normalized spacial score (nSPS) is 10.8. The molecule has 3 heteroatoms. The van der Waals surface area contributed by atoms with Crippen LogP contribution in [0.1, 0.15) is 0 Å². The topological polar surface area (TPSA) is 15.8 Å². The molecule has 58 valence electrons. The van der Waals surface area contributed by atoms with Crippen LogP contribution in [0, 0.1) is 0 Å². The first-order valence-electron chi connectivity index (χ1n) is 3.72. The van der Waals surface area contributed by atoms with Gasteiger partial charge < -0.3 is 4.98 Å². The second-order valence-corrected chi connectivity index (χ2v) is 3.54. The summed E-state index contributed by atoms with van der Waals surface area (Å²) >= 11 is 1.70. The molecule has 2 rings (SSSR count). The van der Waals surface area contributed by atoms with E-state index in [2.05, 4.69) is 11.1 Å². The van der Waals surface area contributed by atoms with Gasteiger partial charge in [-0.25, -0.2) is 0 Å². The van der Waals surface area contributed by atoms with E-state index in [1.54, 1.807) is 11.8 Å². The van der Waals surface area contributed by atoms with E-state index >= 15 is 0 Å². The summed E-state index contributed by atoms with van der Waals surface area (Å²) in [5.41, 5.74) is 1.96. The number of H-pyrrole nitrogens is 1. The maximum absolute atomic E-state index is 5.84. The van der Waals surface area contributed by atoms with Crippen LogP contribution in [0.2, 0.25) is 0 Å². The molecule has 12 heavy (non-hydrogen) atoms. The maximum Gasteiger partial charge on any atom is 0.114 e. The Morgan fingerprint density at radius 3 is 3.00 bits per heavy atom. The Morgan fingerprint density at radius 2 is 2.25 bits per heavy atom. The lowest BCUT2D eigenvalue weighted by atomic mass is 9.93. The van der Waals surface area contributed by atoms with E-state index in [-0.39, 0.29) is 0 Å². The molecule has 0 aliphatic heterocycles. The number of fused-ring (bicyclic) bond motifs is 1. The highest BCUT2D eigenvalue weighted by Crippen LogP contribution is 2.18. The van der Waals surface area contributed by atoms with Crippen LogP contribution in [-0.2, 0) is 0 Å². The number of nitrogens with one attached hydrogen (secondary N) is 1. The van der Waals surface area contributed by atoms with Gasteiger partial charge in [-0.05, 0) is 23.8 Å². The fourth-order valence-electron chi connectivity index (χ4n) is 1.29. The van der Waals surface area contributed by atoms with E-state index in [0.717, 1.165) is 16.4 Å². The standard InChI is InChI=1S/C9H8BNS/c1-12-6-4-8(10)7-2-3-11-9(7)5-6/h2-5,11H,1H3. The van der Waals surface area contributed by atoms with Crippen LogP contribution >= 0.6 is 11.8 Å². The van der Waals surface area contributed by atoms with Gasteiger partial charge in [0.2, 0.25) is 0 Å². The summed E-state index contributed by atoms with van der Waals surface area (Å²) in [5.74, 6) is 0. The quantitative estimate of drug-likeness (QED) is 0.512. The van der Waals surface area contributed by atoms with Crippen LogP contribution in [-0.4, -0.2) is 19.1 Å². The van der Waals surface area contributed by atoms with Gasteiger partial charge in [-0.15, -0.1) is 11.8 Å². The number of thioether (sulfide) groups is 1. The Balaban J connectivity index is 2.75. The van der Waals surface area contributed by atoms with Gasteiger partial charge in [0.25, 0.3) is 0 Å². The number of hydrogen-bond donors (Lipinski definition) is 1. The SMILES string of the molecule is [B]c1cc(SC)cc2[nH]ccc12. The molecule has 0 fully saturated rings. The minimum atomic E-state index is 0.845. The van der Waals surface area contributed by atoms with Gasteiger partial charge in [0.15, 0.2) is 0 Å². The Labute approximate surface area is 77.0 Å². The highest BCUT2D eigenvalue weighted by Gasteiger charge is 1.99. The van der Waals surface area contributed by atoms with E-state index in [0.29, 0.717) is 0 Å². The average Bonchev–Trinajstić information content (AvgIpc) is 2.52. The predicted molar refractivity (Wildman–Crippen MR) is 55.5 cm³/mol. The molecular formula is C9H8BNS. The third kappa shape index (κ3) is 1.14. The molecule has 0 aliphatic carbocycles. The second kappa shape index (κ2) is 2.90. The molecule has 1 aromatic heterocycles. The minimum absolute atomic E-state index is 0.845. The average molecular weight is 173 g/mol. The molecule has 2 aromatic rings. The van der Waals surface area contributed by atoms with Crippen molar-refractivity contribution in [3.8, 4) is 0 Å². The van der Waals surface area contributed by atoms with Crippen LogP contribution in [0.15, 0.2) is 29.3 Å². The molecule has 1 N–H and O–H groups in total. The van der Waals surface area contributed by atoms with Crippen molar-refractivity contribution in [2.75, 3.05) is 6.26 Å². The zero-order valence-corrected chi connectivity index (χ0v) is 7.61. The largest absolute Gasteiger partial charge is 0.361 e. The molecule has 0 saturated heterocycles. The lowest BCUT2D eigenvalue weighted by molar-refractivity contribution is 1.44. The summed E-state index contributed by atoms with van der Waals surface area (Å²) < 4.78 is 0. The molecule has 0 atom stereocenters. The van der Waals surface area contributed by atoms with E-state index in [9.17, 15) is 0 Å². The molecule has 0 bridgehead atoms. The number of rotatable bonds is 1. The highest BCUT2D eigenvalue weighted by molar-refractivity contribution is 7.98. The third-order valence-corrected chi connectivity index (χ3v) is 2.62. The van der Waals surface area contributed by atoms with Gasteiger partial charge in [0.1, 0.15) is 7.85 Å². The second-order valence-electron chi connectivity index (χ2n) is 2.66. The fraction of sp³-hybridized carbons (Fsp3) is 0.111. The van der Waals surface area contributed by atoms with E-state index in [4.69, 9.17) is 7.85 Å². The molecule has 1 heterocycles. The van der Waals surface area contributed by atoms with Gasteiger partial charge >= 0.3 is 0 Å². The fourth-order valence-corrected chi connectivity index (χ4v) is 1.77. The first-order valence-corrected chi connectivity index (χ1v) is 4.94. The summed E-state index contributed by atoms with van der Waals surface area (Å²) in [5, 5.41) is 1.10. The molecule has 0 spiro atoms. The van der Waals surface area contributed by atoms with E-state index < -0.39 is 0 Å². The summed E-state index contributed by atoms with van der Waals surface area (Å²) in [6, 6.07) is 6.10. The molecule has 0 unspecified atom stereocenters. The highest BCUT2D eigenvalue weighted by atomic mass is 32.2. The van der Waals surface area contributed by atoms with E-state index in [1.165, 1.54) is 4.90 Å². The van der Waals surface area contributed by atoms with Crippen LogP contribution in [0.25, 0.3) is 10.9 Å². The number of aromatic amines is 1. The van der Waals surface area contributed by atoms with Gasteiger partial charge in [-0.2, -0.15) is 0 Å². The summed E-state index contributed by atoms with van der Waals surface area (Å²) in [6.07, 6.45) is 3.95. The first-order chi connectivity index (χ1) is 5.81. The third-order valence-electron chi connectivity index (χ3n) is 1.91. The summed E-state index contributed by atoms with van der Waals surface area (Å²) in [6.45, 7) is 0. The molecule has 0 saturated carbocycles. The zero-order valence-electron chi connectivity index (χ0n) is 6.79. The first kappa shape index (κ1) is 7.81. The van der Waals surface area contributed by atoms with Crippen molar-refractivity contribution in [2.24, 2.45) is 0 Å². The Morgan fingerprint density at radius 1 is 1.42 bits per heavy atom. The van der Waals surface area contributed by atoms with Crippen molar-refractivity contribution in [3.63, 3.8) is 0 Å². The minimum Gasteiger partial charge on any atom is -0.361 e. The maximum atomic E-state index is 5.84. The molecule has 0 amide bonds. The molecular weight excluding hydrogens is 165 g/mol. The van der Waals surface area contributed by atoms with E-state index in [1.807, 2.05) is 24.6 Å². The summed E-state index contributed by atoms with van der Waals surface area (Å²) in [7, 11) is 5.84. The van der Waals surface area contributed by atoms with Crippen LogP contribution < -0.4 is 5.46 Å². The molecule has 1 nitrogen and oxygen atoms in total. The Hall–Kier alpha value is -0.825. The monoisotopic (exact) mass is 173 g/mol. The summed E-state index contributed by atoms with van der Waals surface area (Å²) in [4.78, 5) is 4.34. The predicted octanol–water partition coefficient (Wildman–Crippen LogP) is 1.68. The van der Waals surface area contributed by atoms with Crippen molar-refractivity contribution in [1.82, 2.24) is 4.98 Å². The number of aromatic nitrogens is 1. The van der Waals surface area contributed by atoms with Crippen molar-refractivity contribution in [3.05, 3.63) is 24.4 Å². The Bertz CT molecular complexity index is 408. The lowest BCUT2D eigenvalue weighted by Crippen LogP contribution is -2.02. The van der Waals surface area contributed by atoms with Gasteiger partial charge in [0, 0.05) is 16.6 Å². The van der Waals surface area contributed by atoms with Crippen LogP contribution in [0.5, 0.6) is 0 Å². The smallest absolute Gasteiger partial charge is 0.114 e. The van der Waals surface area contributed by atoms with Crippen molar-refractivity contribution in [2.45, 2.75) is 4.90 Å². The zero-order chi connectivity index (χ0) is 8.55. The van der Waals surface area contributed by atoms with Gasteiger partial charge in [0.05, 0.1) is 0 Å².